The minimum Gasteiger partial charge on any atom is -0.481 e. The van der Waals surface area contributed by atoms with Gasteiger partial charge in [-0.25, -0.2) is 4.79 Å². The number of carboxylic acid groups (broad SMARTS) is 1. The van der Waals surface area contributed by atoms with Gasteiger partial charge >= 0.3 is 12.0 Å². The molecule has 1 aliphatic carbocycles. The van der Waals surface area contributed by atoms with Gasteiger partial charge < -0.3 is 15.7 Å². The zero-order valence-electron chi connectivity index (χ0n) is 11.1. The van der Waals surface area contributed by atoms with Crippen LogP contribution in [-0.2, 0) is 10.2 Å². The topological polar surface area (TPSA) is 78.4 Å². The number of nitrogens with one attached hydrogen (secondary N) is 2. The van der Waals surface area contributed by atoms with Crippen LogP contribution in [0.25, 0.3) is 0 Å². The van der Waals surface area contributed by atoms with E-state index in [2.05, 4.69) is 16.6 Å². The summed E-state index contributed by atoms with van der Waals surface area (Å²) < 4.78 is 0. The number of urea groups is 1. The molecule has 1 fully saturated rings. The van der Waals surface area contributed by atoms with Crippen molar-refractivity contribution in [3.8, 4) is 12.3 Å². The predicted octanol–water partition coefficient (Wildman–Crippen LogP) is 1.95. The first-order chi connectivity index (χ1) is 9.48. The maximum atomic E-state index is 11.6. The van der Waals surface area contributed by atoms with Crippen LogP contribution in [0.5, 0.6) is 0 Å². The van der Waals surface area contributed by atoms with Gasteiger partial charge in [0, 0.05) is 5.69 Å². The summed E-state index contributed by atoms with van der Waals surface area (Å²) in [4.78, 5) is 22.8. The minimum absolute atomic E-state index is 0.351. The third kappa shape index (κ3) is 2.75. The molecule has 2 rings (SSSR count). The quantitative estimate of drug-likeness (QED) is 0.733. The summed E-state index contributed by atoms with van der Waals surface area (Å²) in [6.07, 6.45) is 6.49. The Morgan fingerprint density at radius 3 is 2.40 bits per heavy atom. The first-order valence-corrected chi connectivity index (χ1v) is 6.35. The smallest absolute Gasteiger partial charge is 0.320 e. The molecule has 0 heterocycles. The first kappa shape index (κ1) is 13.9. The summed E-state index contributed by atoms with van der Waals surface area (Å²) in [6, 6.07) is 6.12. The Hall–Kier alpha value is -2.48. The van der Waals surface area contributed by atoms with E-state index >= 15 is 0 Å². The minimum atomic E-state index is -0.793. The van der Waals surface area contributed by atoms with Crippen molar-refractivity contribution >= 4 is 17.7 Å². The molecule has 0 saturated heterocycles. The zero-order valence-corrected chi connectivity index (χ0v) is 11.1. The number of hydrogen-bond acceptors (Lipinski definition) is 2. The van der Waals surface area contributed by atoms with E-state index in [1.54, 1.807) is 31.2 Å². The molecule has 0 spiro atoms. The van der Waals surface area contributed by atoms with Crippen LogP contribution in [0.4, 0.5) is 10.5 Å². The van der Waals surface area contributed by atoms with Crippen LogP contribution < -0.4 is 10.6 Å². The lowest BCUT2D eigenvalue weighted by atomic mass is 9.96. The third-order valence-electron chi connectivity index (χ3n) is 3.45. The number of carboxylic acids is 1. The van der Waals surface area contributed by atoms with Gasteiger partial charge in [-0.05, 0) is 37.5 Å². The van der Waals surface area contributed by atoms with Crippen molar-refractivity contribution in [2.24, 2.45) is 0 Å². The number of amides is 2. The van der Waals surface area contributed by atoms with Crippen LogP contribution in [0.2, 0.25) is 0 Å². The predicted molar refractivity (Wildman–Crippen MR) is 75.4 cm³/mol. The van der Waals surface area contributed by atoms with Gasteiger partial charge in [-0.3, -0.25) is 4.79 Å². The molecule has 1 aliphatic rings. The number of benzene rings is 1. The summed E-state index contributed by atoms with van der Waals surface area (Å²) in [6.45, 7) is 1.70. The van der Waals surface area contributed by atoms with Crippen molar-refractivity contribution in [2.75, 3.05) is 5.32 Å². The molecule has 0 aliphatic heterocycles. The Morgan fingerprint density at radius 2 is 1.95 bits per heavy atom. The highest BCUT2D eigenvalue weighted by molar-refractivity contribution is 5.90. The summed E-state index contributed by atoms with van der Waals surface area (Å²) in [7, 11) is 0. The molecule has 0 aromatic heterocycles. The Bertz CT molecular complexity index is 568. The van der Waals surface area contributed by atoms with Crippen molar-refractivity contribution in [3.63, 3.8) is 0 Å². The molecule has 3 N–H and O–H groups in total. The standard InChI is InChI=1S/C15H16N2O3/c1-3-10(2)16-14(20)17-12-6-4-11(5-7-12)15(8-9-15)13(18)19/h1,4-7,10H,8-9H2,2H3,(H,18,19)(H2,16,17,20). The van der Waals surface area contributed by atoms with Crippen LogP contribution in [-0.4, -0.2) is 23.1 Å². The Labute approximate surface area is 117 Å². The average molecular weight is 272 g/mol. The number of carbonyl (C=O) groups is 2. The first-order valence-electron chi connectivity index (χ1n) is 6.35. The zero-order chi connectivity index (χ0) is 14.8. The van der Waals surface area contributed by atoms with Crippen molar-refractivity contribution in [3.05, 3.63) is 29.8 Å². The normalized spacial score (nSPS) is 16.6. The lowest BCUT2D eigenvalue weighted by molar-refractivity contribution is -0.140. The van der Waals surface area contributed by atoms with Crippen molar-refractivity contribution < 1.29 is 14.7 Å². The second-order valence-electron chi connectivity index (χ2n) is 4.95. The Morgan fingerprint density at radius 1 is 1.35 bits per heavy atom. The van der Waals surface area contributed by atoms with E-state index in [0.717, 1.165) is 5.56 Å². The molecule has 0 bridgehead atoms. The highest BCUT2D eigenvalue weighted by Gasteiger charge is 2.51. The van der Waals surface area contributed by atoms with Crippen molar-refractivity contribution in [1.82, 2.24) is 5.32 Å². The molecule has 104 valence electrons. The molecule has 1 saturated carbocycles. The van der Waals surface area contributed by atoms with Crippen molar-refractivity contribution in [1.29, 1.82) is 0 Å². The largest absolute Gasteiger partial charge is 0.481 e. The number of carbonyl (C=O) groups excluding carboxylic acids is 1. The van der Waals surface area contributed by atoms with E-state index in [1.165, 1.54) is 0 Å². The van der Waals surface area contributed by atoms with E-state index in [0.29, 0.717) is 18.5 Å². The van der Waals surface area contributed by atoms with Gasteiger partial charge in [0.15, 0.2) is 0 Å². The van der Waals surface area contributed by atoms with E-state index in [1.807, 2.05) is 0 Å². The van der Waals surface area contributed by atoms with Gasteiger partial charge in [-0.15, -0.1) is 6.42 Å². The highest BCUT2D eigenvalue weighted by atomic mass is 16.4. The monoisotopic (exact) mass is 272 g/mol. The van der Waals surface area contributed by atoms with Gasteiger partial charge in [-0.2, -0.15) is 0 Å². The van der Waals surface area contributed by atoms with Crippen LogP contribution in [0.1, 0.15) is 25.3 Å². The number of anilines is 1. The van der Waals surface area contributed by atoms with Gasteiger partial charge in [-0.1, -0.05) is 18.1 Å². The van der Waals surface area contributed by atoms with E-state index in [4.69, 9.17) is 6.42 Å². The van der Waals surface area contributed by atoms with Gasteiger partial charge in [0.05, 0.1) is 11.5 Å². The molecular weight excluding hydrogens is 256 g/mol. The highest BCUT2D eigenvalue weighted by Crippen LogP contribution is 2.48. The Kier molecular flexibility index (Phi) is 3.66. The van der Waals surface area contributed by atoms with Gasteiger partial charge in [0.25, 0.3) is 0 Å². The molecule has 0 radical (unpaired) electrons. The van der Waals surface area contributed by atoms with Crippen LogP contribution in [0.3, 0.4) is 0 Å². The molecule has 1 aromatic rings. The maximum absolute atomic E-state index is 11.6. The van der Waals surface area contributed by atoms with E-state index < -0.39 is 11.4 Å². The molecule has 1 aromatic carbocycles. The molecule has 1 atom stereocenters. The number of hydrogen-bond donors (Lipinski definition) is 3. The molecule has 5 heteroatoms. The number of rotatable bonds is 4. The Balaban J connectivity index is 2.01. The summed E-state index contributed by atoms with van der Waals surface area (Å²) >= 11 is 0. The second-order valence-corrected chi connectivity index (χ2v) is 4.95. The van der Waals surface area contributed by atoms with Crippen LogP contribution >= 0.6 is 0 Å². The lowest BCUT2D eigenvalue weighted by Gasteiger charge is -2.12. The second kappa shape index (κ2) is 5.25. The fourth-order valence-electron chi connectivity index (χ4n) is 2.03. The van der Waals surface area contributed by atoms with Crippen molar-refractivity contribution in [2.45, 2.75) is 31.2 Å². The van der Waals surface area contributed by atoms with E-state index in [9.17, 15) is 14.7 Å². The number of terminal acetylenes is 1. The summed E-state index contributed by atoms with van der Waals surface area (Å²) in [5.74, 6) is 1.60. The third-order valence-corrected chi connectivity index (χ3v) is 3.45. The van der Waals surface area contributed by atoms with Gasteiger partial charge in [0.2, 0.25) is 0 Å². The molecule has 5 nitrogen and oxygen atoms in total. The molecule has 2 amide bonds. The number of aliphatic carboxylic acids is 1. The van der Waals surface area contributed by atoms with Crippen LogP contribution in [0, 0.1) is 12.3 Å². The van der Waals surface area contributed by atoms with Crippen LogP contribution in [0.15, 0.2) is 24.3 Å². The fourth-order valence-corrected chi connectivity index (χ4v) is 2.03. The van der Waals surface area contributed by atoms with E-state index in [-0.39, 0.29) is 12.1 Å². The average Bonchev–Trinajstić information content (AvgIpc) is 3.20. The maximum Gasteiger partial charge on any atom is 0.320 e. The SMILES string of the molecule is C#CC(C)NC(=O)Nc1ccc(C2(C(=O)O)CC2)cc1. The molecule has 1 unspecified atom stereocenters. The van der Waals surface area contributed by atoms with Gasteiger partial charge in [0.1, 0.15) is 0 Å². The summed E-state index contributed by atoms with van der Waals surface area (Å²) in [5, 5.41) is 14.4. The lowest BCUT2D eigenvalue weighted by Crippen LogP contribution is -2.35. The molecule has 20 heavy (non-hydrogen) atoms. The fraction of sp³-hybridized carbons (Fsp3) is 0.333. The molecular formula is C15H16N2O3. The summed E-state index contributed by atoms with van der Waals surface area (Å²) in [5.41, 5.74) is 0.642.